The zero-order valence-electron chi connectivity index (χ0n) is 14.8. The summed E-state index contributed by atoms with van der Waals surface area (Å²) in [6.45, 7) is 1.73. The van der Waals surface area contributed by atoms with E-state index in [0.29, 0.717) is 28.0 Å². The van der Waals surface area contributed by atoms with Gasteiger partial charge in [-0.15, -0.1) is 0 Å². The van der Waals surface area contributed by atoms with Crippen LogP contribution in [-0.4, -0.2) is 16.7 Å². The predicted molar refractivity (Wildman–Crippen MR) is 99.7 cm³/mol. The molecule has 6 heteroatoms. The fourth-order valence-corrected chi connectivity index (χ4v) is 2.94. The van der Waals surface area contributed by atoms with E-state index in [9.17, 15) is 14.0 Å². The second-order valence-electron chi connectivity index (χ2n) is 6.23. The second kappa shape index (κ2) is 7.08. The monoisotopic (exact) mass is 375 g/mol. The highest BCUT2D eigenvalue weighted by Crippen LogP contribution is 2.37. The van der Waals surface area contributed by atoms with Crippen molar-refractivity contribution in [3.8, 4) is 11.5 Å². The summed E-state index contributed by atoms with van der Waals surface area (Å²) in [5.74, 6) is -0.603. The molecule has 0 unspecified atom stereocenters. The van der Waals surface area contributed by atoms with Crippen LogP contribution in [0, 0.1) is 12.7 Å². The number of allylic oxidation sites excluding steroid dienone is 1. The zero-order valence-corrected chi connectivity index (χ0v) is 14.8. The Morgan fingerprint density at radius 1 is 1.14 bits per heavy atom. The molecule has 4 rings (SSSR count). The van der Waals surface area contributed by atoms with Crippen molar-refractivity contribution in [2.24, 2.45) is 0 Å². The molecule has 1 aliphatic rings. The number of fused-ring (bicyclic) bond motifs is 1. The van der Waals surface area contributed by atoms with Crippen molar-refractivity contribution in [2.45, 2.75) is 6.92 Å². The van der Waals surface area contributed by atoms with Gasteiger partial charge in [-0.25, -0.2) is 9.18 Å². The van der Waals surface area contributed by atoms with Gasteiger partial charge in [-0.05, 0) is 54.5 Å². The number of hydrogen-bond donors (Lipinski definition) is 0. The summed E-state index contributed by atoms with van der Waals surface area (Å²) in [6, 6.07) is 12.0. The van der Waals surface area contributed by atoms with Gasteiger partial charge in [0.25, 0.3) is 0 Å². The Morgan fingerprint density at radius 2 is 1.93 bits per heavy atom. The first-order valence-corrected chi connectivity index (χ1v) is 8.48. The van der Waals surface area contributed by atoms with Gasteiger partial charge < -0.3 is 9.47 Å². The standard InChI is InChI=1S/C22H14FNO4/c1-13-9-17(27-22(26)15-5-7-24-8-6-15)12-18-20(13)21(25)19(28-18)11-14-3-2-4-16(23)10-14/h2-12H,1H3/b19-11-. The van der Waals surface area contributed by atoms with E-state index in [1.54, 1.807) is 37.3 Å². The van der Waals surface area contributed by atoms with Crippen molar-refractivity contribution in [3.63, 3.8) is 0 Å². The number of ketones is 1. The van der Waals surface area contributed by atoms with Crippen molar-refractivity contribution in [3.05, 3.63) is 94.8 Å². The largest absolute Gasteiger partial charge is 0.452 e. The van der Waals surface area contributed by atoms with Crippen LogP contribution < -0.4 is 9.47 Å². The van der Waals surface area contributed by atoms with Gasteiger partial charge in [-0.3, -0.25) is 9.78 Å². The van der Waals surface area contributed by atoms with Gasteiger partial charge in [-0.2, -0.15) is 0 Å². The first-order valence-electron chi connectivity index (χ1n) is 8.48. The number of rotatable bonds is 3. The topological polar surface area (TPSA) is 65.5 Å². The van der Waals surface area contributed by atoms with Gasteiger partial charge >= 0.3 is 5.97 Å². The lowest BCUT2D eigenvalue weighted by Crippen LogP contribution is -2.08. The Balaban J connectivity index is 1.62. The van der Waals surface area contributed by atoms with Gasteiger partial charge in [-0.1, -0.05) is 12.1 Å². The minimum Gasteiger partial charge on any atom is -0.452 e. The van der Waals surface area contributed by atoms with Gasteiger partial charge in [0, 0.05) is 18.5 Å². The zero-order chi connectivity index (χ0) is 19.7. The fraction of sp³-hybridized carbons (Fsp3) is 0.0455. The summed E-state index contributed by atoms with van der Waals surface area (Å²) in [5.41, 5.74) is 1.88. The van der Waals surface area contributed by atoms with Crippen LogP contribution in [0.3, 0.4) is 0 Å². The van der Waals surface area contributed by atoms with Crippen molar-refractivity contribution in [2.75, 3.05) is 0 Å². The normalized spacial score (nSPS) is 13.9. The molecule has 0 spiro atoms. The molecule has 1 aliphatic heterocycles. The van der Waals surface area contributed by atoms with Crippen LogP contribution in [0.4, 0.5) is 4.39 Å². The SMILES string of the molecule is Cc1cc(OC(=O)c2ccncc2)cc2c1C(=O)/C(=C/c1cccc(F)c1)O2. The number of nitrogens with zero attached hydrogens (tertiary/aromatic N) is 1. The lowest BCUT2D eigenvalue weighted by atomic mass is 10.0. The van der Waals surface area contributed by atoms with Crippen molar-refractivity contribution < 1.29 is 23.5 Å². The smallest absolute Gasteiger partial charge is 0.343 e. The van der Waals surface area contributed by atoms with Crippen molar-refractivity contribution in [1.29, 1.82) is 0 Å². The van der Waals surface area contributed by atoms with E-state index >= 15 is 0 Å². The van der Waals surface area contributed by atoms with Gasteiger partial charge in [0.15, 0.2) is 5.76 Å². The number of pyridine rings is 1. The van der Waals surface area contributed by atoms with E-state index < -0.39 is 11.8 Å². The van der Waals surface area contributed by atoms with E-state index in [2.05, 4.69) is 4.98 Å². The van der Waals surface area contributed by atoms with Gasteiger partial charge in [0.1, 0.15) is 17.3 Å². The van der Waals surface area contributed by atoms with Crippen LogP contribution >= 0.6 is 0 Å². The quantitative estimate of drug-likeness (QED) is 0.386. The molecule has 28 heavy (non-hydrogen) atoms. The third-order valence-corrected chi connectivity index (χ3v) is 4.22. The molecule has 5 nitrogen and oxygen atoms in total. The van der Waals surface area contributed by atoms with E-state index in [4.69, 9.17) is 9.47 Å². The first-order chi connectivity index (χ1) is 13.5. The second-order valence-corrected chi connectivity index (χ2v) is 6.23. The summed E-state index contributed by atoms with van der Waals surface area (Å²) < 4.78 is 24.4. The summed E-state index contributed by atoms with van der Waals surface area (Å²) in [5, 5.41) is 0. The number of ether oxygens (including phenoxy) is 2. The molecule has 0 amide bonds. The minimum absolute atomic E-state index is 0.0845. The van der Waals surface area contributed by atoms with Crippen LogP contribution in [0.25, 0.3) is 6.08 Å². The molecule has 0 N–H and O–H groups in total. The highest BCUT2D eigenvalue weighted by atomic mass is 19.1. The summed E-state index contributed by atoms with van der Waals surface area (Å²) in [6.07, 6.45) is 4.47. The van der Waals surface area contributed by atoms with Crippen LogP contribution in [0.5, 0.6) is 11.5 Å². The Labute approximate surface area is 160 Å². The number of aromatic nitrogens is 1. The third-order valence-electron chi connectivity index (χ3n) is 4.22. The highest BCUT2D eigenvalue weighted by molar-refractivity contribution is 6.15. The maximum Gasteiger partial charge on any atom is 0.343 e. The molecular weight excluding hydrogens is 361 g/mol. The molecule has 0 atom stereocenters. The Morgan fingerprint density at radius 3 is 2.68 bits per heavy atom. The Kier molecular flexibility index (Phi) is 4.45. The van der Waals surface area contributed by atoms with Gasteiger partial charge in [0.2, 0.25) is 5.78 Å². The molecule has 0 aliphatic carbocycles. The number of Topliss-reactive ketones (excluding diaryl/α,β-unsaturated/α-hetero) is 1. The number of aryl methyl sites for hydroxylation is 1. The molecule has 0 saturated carbocycles. The van der Waals surface area contributed by atoms with E-state index in [0.717, 1.165) is 0 Å². The molecule has 0 radical (unpaired) electrons. The number of benzene rings is 2. The van der Waals surface area contributed by atoms with E-state index in [1.807, 2.05) is 0 Å². The average molecular weight is 375 g/mol. The molecule has 0 bridgehead atoms. The minimum atomic E-state index is -0.540. The number of carbonyl (C=O) groups excluding carboxylic acids is 2. The van der Waals surface area contributed by atoms with Crippen LogP contribution in [-0.2, 0) is 0 Å². The Hall–Kier alpha value is -3.80. The fourth-order valence-electron chi connectivity index (χ4n) is 2.94. The average Bonchev–Trinajstić information content (AvgIpc) is 2.98. The molecule has 0 fully saturated rings. The van der Waals surface area contributed by atoms with Crippen LogP contribution in [0.2, 0.25) is 0 Å². The maximum atomic E-state index is 13.4. The predicted octanol–water partition coefficient (Wildman–Crippen LogP) is 4.36. The molecule has 3 aromatic rings. The Bertz CT molecular complexity index is 1120. The summed E-state index contributed by atoms with van der Waals surface area (Å²) in [4.78, 5) is 28.7. The molecule has 138 valence electrons. The first kappa shape index (κ1) is 17.6. The van der Waals surface area contributed by atoms with E-state index in [1.165, 1.54) is 36.7 Å². The van der Waals surface area contributed by atoms with Crippen LogP contribution in [0.1, 0.15) is 31.8 Å². The molecule has 0 saturated heterocycles. The number of hydrogen-bond acceptors (Lipinski definition) is 5. The highest BCUT2D eigenvalue weighted by Gasteiger charge is 2.30. The third kappa shape index (κ3) is 3.40. The molecule has 2 heterocycles. The van der Waals surface area contributed by atoms with Crippen molar-refractivity contribution >= 4 is 17.8 Å². The lowest BCUT2D eigenvalue weighted by molar-refractivity contribution is 0.0734. The van der Waals surface area contributed by atoms with Gasteiger partial charge in [0.05, 0.1) is 11.1 Å². The lowest BCUT2D eigenvalue weighted by Gasteiger charge is -2.07. The van der Waals surface area contributed by atoms with Crippen molar-refractivity contribution in [1.82, 2.24) is 4.98 Å². The summed E-state index contributed by atoms with van der Waals surface area (Å²) in [7, 11) is 0. The number of esters is 1. The number of carbonyl (C=O) groups is 2. The summed E-state index contributed by atoms with van der Waals surface area (Å²) >= 11 is 0. The molecule has 2 aromatic carbocycles. The molecular formula is C22H14FNO4. The number of halogens is 1. The molecule has 1 aromatic heterocycles. The maximum absolute atomic E-state index is 13.4. The van der Waals surface area contributed by atoms with E-state index in [-0.39, 0.29) is 17.3 Å². The van der Waals surface area contributed by atoms with Crippen LogP contribution in [0.15, 0.2) is 66.7 Å².